The number of sulfone groups is 1. The molecule has 0 bridgehead atoms. The zero-order valence-corrected chi connectivity index (χ0v) is 18.7. The highest BCUT2D eigenvalue weighted by atomic mass is 32.2. The molecule has 0 spiro atoms. The van der Waals surface area contributed by atoms with Crippen LogP contribution in [-0.2, 0) is 26.0 Å². The summed E-state index contributed by atoms with van der Waals surface area (Å²) >= 11 is 0. The second-order valence-corrected chi connectivity index (χ2v) is 10.1. The van der Waals surface area contributed by atoms with Crippen molar-refractivity contribution in [3.8, 4) is 5.75 Å². The number of hydrogen-bond donors (Lipinski definition) is 3. The zero-order chi connectivity index (χ0) is 22.5. The maximum atomic E-state index is 13.0. The quantitative estimate of drug-likeness (QED) is 0.546. The minimum Gasteiger partial charge on any atom is -0.508 e. The van der Waals surface area contributed by atoms with Gasteiger partial charge in [-0.25, -0.2) is 18.9 Å². The Balaban J connectivity index is 2.23. The molecule has 0 saturated heterocycles. The molecule has 0 aliphatic carbocycles. The molecule has 3 N–H and O–H groups in total. The van der Waals surface area contributed by atoms with Crippen LogP contribution in [0.2, 0.25) is 0 Å². The number of benzene rings is 1. The van der Waals surface area contributed by atoms with Crippen LogP contribution in [0.25, 0.3) is 0 Å². The van der Waals surface area contributed by atoms with Gasteiger partial charge in [-0.05, 0) is 57.0 Å². The smallest absolute Gasteiger partial charge is 0.260 e. The topological polar surface area (TPSA) is 118 Å². The van der Waals surface area contributed by atoms with Gasteiger partial charge in [-0.1, -0.05) is 19.9 Å². The molecule has 0 aliphatic heterocycles. The van der Waals surface area contributed by atoms with Crippen molar-refractivity contribution >= 4 is 15.7 Å². The molecule has 1 amide bonds. The Morgan fingerprint density at radius 2 is 1.80 bits per heavy atom. The van der Waals surface area contributed by atoms with E-state index < -0.39 is 21.5 Å². The number of nitrogens with zero attached hydrogens (tertiary/aromatic N) is 1. The highest BCUT2D eigenvalue weighted by Gasteiger charge is 2.26. The van der Waals surface area contributed by atoms with Crippen molar-refractivity contribution in [2.24, 2.45) is 5.92 Å². The molecule has 1 aromatic carbocycles. The Kier molecular flexibility index (Phi) is 7.57. The molecule has 0 radical (unpaired) electrons. The first-order chi connectivity index (χ1) is 13.9. The summed E-state index contributed by atoms with van der Waals surface area (Å²) in [7, 11) is -3.89. The number of amides is 1. The van der Waals surface area contributed by atoms with Crippen LogP contribution in [0.5, 0.6) is 5.75 Å². The van der Waals surface area contributed by atoms with Gasteiger partial charge in [0.25, 0.3) is 5.91 Å². The largest absolute Gasteiger partial charge is 0.508 e. The normalized spacial score (nSPS) is 13.3. The van der Waals surface area contributed by atoms with E-state index >= 15 is 0 Å². The Morgan fingerprint density at radius 3 is 2.37 bits per heavy atom. The molecule has 1 aromatic heterocycles. The average molecular weight is 436 g/mol. The van der Waals surface area contributed by atoms with E-state index in [1.807, 2.05) is 34.6 Å². The number of pyridine rings is 1. The molecule has 1 atom stereocenters. The minimum atomic E-state index is -3.89. The summed E-state index contributed by atoms with van der Waals surface area (Å²) in [6.45, 7) is 9.34. The predicted octanol–water partition coefficient (Wildman–Crippen LogP) is 2.58. The molecule has 9 heteroatoms. The summed E-state index contributed by atoms with van der Waals surface area (Å²) in [6, 6.07) is 7.95. The van der Waals surface area contributed by atoms with Crippen molar-refractivity contribution in [1.82, 2.24) is 15.8 Å². The molecule has 8 nitrogen and oxygen atoms in total. The van der Waals surface area contributed by atoms with Gasteiger partial charge in [-0.15, -0.1) is 0 Å². The first kappa shape index (κ1) is 23.8. The van der Waals surface area contributed by atoms with E-state index in [-0.39, 0.29) is 34.0 Å². The molecule has 2 aromatic rings. The van der Waals surface area contributed by atoms with Gasteiger partial charge >= 0.3 is 0 Å². The fourth-order valence-corrected chi connectivity index (χ4v) is 4.06. The van der Waals surface area contributed by atoms with Crippen LogP contribution in [0.3, 0.4) is 0 Å². The number of hydrogen-bond acceptors (Lipinski definition) is 7. The second-order valence-electron chi connectivity index (χ2n) is 8.25. The van der Waals surface area contributed by atoms with E-state index in [1.165, 1.54) is 30.5 Å². The number of hydroxylamine groups is 1. The second kappa shape index (κ2) is 9.55. The molecular weight excluding hydrogens is 406 g/mol. The Labute approximate surface area is 177 Å². The van der Waals surface area contributed by atoms with Crippen LogP contribution in [0, 0.1) is 5.92 Å². The van der Waals surface area contributed by atoms with Gasteiger partial charge in [-0.3, -0.25) is 9.63 Å². The van der Waals surface area contributed by atoms with E-state index in [1.54, 1.807) is 12.1 Å². The summed E-state index contributed by atoms with van der Waals surface area (Å²) in [5.41, 5.74) is 2.35. The van der Waals surface area contributed by atoms with Crippen LogP contribution in [-0.4, -0.2) is 36.1 Å². The van der Waals surface area contributed by atoms with Crippen molar-refractivity contribution in [2.75, 3.05) is 0 Å². The van der Waals surface area contributed by atoms with E-state index in [9.17, 15) is 18.3 Å². The Morgan fingerprint density at radius 1 is 1.17 bits per heavy atom. The highest BCUT2D eigenvalue weighted by molar-refractivity contribution is 7.91. The van der Waals surface area contributed by atoms with Gasteiger partial charge in [0, 0.05) is 18.3 Å². The lowest BCUT2D eigenvalue weighted by atomic mass is 10.0. The van der Waals surface area contributed by atoms with Crippen LogP contribution in [0.1, 0.15) is 40.2 Å². The summed E-state index contributed by atoms with van der Waals surface area (Å²) in [4.78, 5) is 22.0. The number of phenolic OH excluding ortho intramolecular Hbond substituents is 1. The first-order valence-electron chi connectivity index (χ1n) is 9.61. The molecule has 164 valence electrons. The van der Waals surface area contributed by atoms with Crippen LogP contribution in [0.15, 0.2) is 52.5 Å². The molecule has 0 unspecified atom stereocenters. The van der Waals surface area contributed by atoms with Crippen molar-refractivity contribution in [3.63, 3.8) is 0 Å². The maximum absolute atomic E-state index is 13.0. The Bertz CT molecular complexity index is 967. The number of carbonyl (C=O) groups excluding carboxylic acids is 1. The van der Waals surface area contributed by atoms with E-state index in [2.05, 4.69) is 15.8 Å². The van der Waals surface area contributed by atoms with E-state index in [0.29, 0.717) is 5.56 Å². The molecule has 0 saturated carbocycles. The predicted molar refractivity (Wildman–Crippen MR) is 112 cm³/mol. The summed E-state index contributed by atoms with van der Waals surface area (Å²) < 4.78 is 26.0. The monoisotopic (exact) mass is 435 g/mol. The number of phenols is 1. The summed E-state index contributed by atoms with van der Waals surface area (Å²) in [5, 5.41) is 12.4. The number of aromatic hydroxyl groups is 1. The fourth-order valence-electron chi connectivity index (χ4n) is 2.66. The van der Waals surface area contributed by atoms with Crippen molar-refractivity contribution in [2.45, 2.75) is 62.7 Å². The third kappa shape index (κ3) is 6.25. The third-order valence-electron chi connectivity index (χ3n) is 4.17. The van der Waals surface area contributed by atoms with Crippen LogP contribution < -0.4 is 10.8 Å². The number of nitrogens with one attached hydrogen (secondary N) is 2. The highest BCUT2D eigenvalue weighted by Crippen LogP contribution is 2.24. The molecule has 0 fully saturated rings. The van der Waals surface area contributed by atoms with Crippen molar-refractivity contribution in [3.05, 3.63) is 48.2 Å². The van der Waals surface area contributed by atoms with Gasteiger partial charge < -0.3 is 10.4 Å². The third-order valence-corrected chi connectivity index (χ3v) is 5.94. The fraction of sp³-hybridized carbons (Fsp3) is 0.429. The van der Waals surface area contributed by atoms with Gasteiger partial charge in [0.15, 0.2) is 5.03 Å². The number of rotatable bonds is 8. The lowest BCUT2D eigenvalue weighted by Gasteiger charge is -2.25. The molecule has 30 heavy (non-hydrogen) atoms. The molecular formula is C21H29N3O5S. The SMILES string of the molecule is CC(C)[C@@H](NCc1cccnc1S(=O)(=O)c1ccc(O)cc1)C(=O)NOC(C)(C)C. The van der Waals surface area contributed by atoms with Gasteiger partial charge in [-0.2, -0.15) is 0 Å². The van der Waals surface area contributed by atoms with Crippen molar-refractivity contribution < 1.29 is 23.2 Å². The molecule has 0 aliphatic rings. The lowest BCUT2D eigenvalue weighted by molar-refractivity contribution is -0.148. The minimum absolute atomic E-state index is 0.0250. The lowest BCUT2D eigenvalue weighted by Crippen LogP contribution is -2.48. The summed E-state index contributed by atoms with van der Waals surface area (Å²) in [5.74, 6) is -0.436. The van der Waals surface area contributed by atoms with E-state index in [4.69, 9.17) is 4.84 Å². The zero-order valence-electron chi connectivity index (χ0n) is 17.8. The average Bonchev–Trinajstić information content (AvgIpc) is 2.66. The van der Waals surface area contributed by atoms with Gasteiger partial charge in [0.05, 0.1) is 16.5 Å². The standard InChI is InChI=1S/C21H29N3O5S/c1-14(2)18(19(26)24-29-21(3,4)5)23-13-15-7-6-12-22-20(15)30(27,28)17-10-8-16(25)9-11-17/h6-12,14,18,23,25H,13H2,1-5H3,(H,24,26)/t18-/m1/s1. The van der Waals surface area contributed by atoms with E-state index in [0.717, 1.165) is 0 Å². The van der Waals surface area contributed by atoms with Crippen molar-refractivity contribution in [1.29, 1.82) is 0 Å². The molecule has 1 heterocycles. The Hall–Kier alpha value is -2.49. The van der Waals surface area contributed by atoms with Crippen LogP contribution in [0.4, 0.5) is 0 Å². The molecule has 2 rings (SSSR count). The summed E-state index contributed by atoms with van der Waals surface area (Å²) in [6.07, 6.45) is 1.40. The maximum Gasteiger partial charge on any atom is 0.260 e. The van der Waals surface area contributed by atoms with Gasteiger partial charge in [0.2, 0.25) is 9.84 Å². The number of carbonyl (C=O) groups is 1. The van der Waals surface area contributed by atoms with Crippen LogP contribution >= 0.6 is 0 Å². The first-order valence-corrected chi connectivity index (χ1v) is 11.1. The number of aromatic nitrogens is 1. The van der Waals surface area contributed by atoms with Gasteiger partial charge in [0.1, 0.15) is 5.75 Å².